The molecule has 0 saturated carbocycles. The third-order valence-electron chi connectivity index (χ3n) is 4.46. The molecule has 136 valence electrons. The second-order valence-electron chi connectivity index (χ2n) is 6.30. The maximum absolute atomic E-state index is 12.8. The van der Waals surface area contributed by atoms with Gasteiger partial charge in [-0.3, -0.25) is 14.9 Å². The first kappa shape index (κ1) is 18.1. The molecule has 0 saturated heterocycles. The van der Waals surface area contributed by atoms with E-state index in [2.05, 4.69) is 5.32 Å². The summed E-state index contributed by atoms with van der Waals surface area (Å²) in [6.45, 7) is 0. The van der Waals surface area contributed by atoms with Crippen LogP contribution in [0.1, 0.15) is 28.3 Å². The fourth-order valence-electron chi connectivity index (χ4n) is 3.18. The van der Waals surface area contributed by atoms with Crippen LogP contribution in [-0.2, 0) is 28.6 Å². The molecule has 7 heteroatoms. The summed E-state index contributed by atoms with van der Waals surface area (Å²) in [7, 11) is 0. The Morgan fingerprint density at radius 2 is 1.85 bits per heavy atom. The summed E-state index contributed by atoms with van der Waals surface area (Å²) in [5, 5.41) is 2.93. The number of ketones is 1. The number of fused-ring (bicyclic) bond motifs is 1. The second-order valence-corrected chi connectivity index (χ2v) is 6.30. The van der Waals surface area contributed by atoms with E-state index in [4.69, 9.17) is 5.73 Å². The van der Waals surface area contributed by atoms with Crippen LogP contribution in [0.4, 0.5) is 13.2 Å². The summed E-state index contributed by atoms with van der Waals surface area (Å²) in [6.07, 6.45) is -4.27. The molecule has 0 aliphatic carbocycles. The average molecular weight is 362 g/mol. The molecule has 1 amide bonds. The molecule has 2 aromatic carbocycles. The van der Waals surface area contributed by atoms with Gasteiger partial charge in [-0.25, -0.2) is 0 Å². The molecule has 1 aliphatic rings. The number of carbonyl (C=O) groups excluding carboxylic acids is 2. The van der Waals surface area contributed by atoms with Gasteiger partial charge in [0, 0.05) is 6.42 Å². The van der Waals surface area contributed by atoms with E-state index in [9.17, 15) is 22.8 Å². The topological polar surface area (TPSA) is 72.2 Å². The lowest BCUT2D eigenvalue weighted by Gasteiger charge is -2.31. The maximum atomic E-state index is 12.8. The van der Waals surface area contributed by atoms with Gasteiger partial charge >= 0.3 is 6.18 Å². The Bertz CT molecular complexity index is 849. The van der Waals surface area contributed by atoms with E-state index in [1.54, 1.807) is 18.2 Å². The van der Waals surface area contributed by atoms with Crippen LogP contribution in [0.2, 0.25) is 0 Å². The first-order valence-corrected chi connectivity index (χ1v) is 8.07. The van der Waals surface area contributed by atoms with Gasteiger partial charge in [0.25, 0.3) is 0 Å². The molecule has 0 spiro atoms. The monoisotopic (exact) mass is 362 g/mol. The minimum absolute atomic E-state index is 0.179. The van der Waals surface area contributed by atoms with Crippen LogP contribution >= 0.6 is 0 Å². The molecule has 0 aromatic heterocycles. The highest BCUT2D eigenvalue weighted by molar-refractivity contribution is 5.90. The minimum Gasteiger partial charge on any atom is -0.368 e. The number of rotatable bonds is 4. The number of carbonyl (C=O) groups is 2. The minimum atomic E-state index is -4.47. The number of halogens is 3. The lowest BCUT2D eigenvalue weighted by molar-refractivity contribution is -0.137. The summed E-state index contributed by atoms with van der Waals surface area (Å²) in [5.41, 5.74) is 6.40. The number of amides is 1. The number of hydrogen-bond acceptors (Lipinski definition) is 3. The first-order chi connectivity index (χ1) is 12.3. The number of nitrogens with two attached hydrogens (primary N) is 1. The normalized spacial score (nSPS) is 19.7. The van der Waals surface area contributed by atoms with Crippen LogP contribution in [-0.4, -0.2) is 17.7 Å². The zero-order chi connectivity index (χ0) is 18.9. The van der Waals surface area contributed by atoms with Gasteiger partial charge in [-0.1, -0.05) is 42.5 Å². The van der Waals surface area contributed by atoms with E-state index in [0.717, 1.165) is 23.3 Å². The van der Waals surface area contributed by atoms with Gasteiger partial charge in [0.2, 0.25) is 5.91 Å². The zero-order valence-electron chi connectivity index (χ0n) is 13.7. The lowest BCUT2D eigenvalue weighted by Crippen LogP contribution is -2.50. The molecule has 3 N–H and O–H groups in total. The molecule has 2 atom stereocenters. The summed E-state index contributed by atoms with van der Waals surface area (Å²) in [5.74, 6) is -0.890. The fourth-order valence-corrected chi connectivity index (χ4v) is 3.18. The third kappa shape index (κ3) is 3.77. The van der Waals surface area contributed by atoms with Crippen molar-refractivity contribution in [3.05, 3.63) is 70.8 Å². The molecule has 0 fully saturated rings. The number of hydrogen-bond donors (Lipinski definition) is 2. The van der Waals surface area contributed by atoms with E-state index in [1.165, 1.54) is 12.1 Å². The van der Waals surface area contributed by atoms with Crippen molar-refractivity contribution >= 4 is 11.7 Å². The van der Waals surface area contributed by atoms with Crippen molar-refractivity contribution in [2.24, 2.45) is 5.73 Å². The van der Waals surface area contributed by atoms with Gasteiger partial charge in [0.1, 0.15) is 0 Å². The van der Waals surface area contributed by atoms with Crippen LogP contribution in [0, 0.1) is 0 Å². The van der Waals surface area contributed by atoms with Gasteiger partial charge in [0.15, 0.2) is 5.78 Å². The Hall–Kier alpha value is -2.67. The van der Waals surface area contributed by atoms with E-state index in [-0.39, 0.29) is 17.8 Å². The highest BCUT2D eigenvalue weighted by atomic mass is 19.4. The third-order valence-corrected chi connectivity index (χ3v) is 4.46. The highest BCUT2D eigenvalue weighted by Gasteiger charge is 2.34. The first-order valence-electron chi connectivity index (χ1n) is 8.07. The van der Waals surface area contributed by atoms with Gasteiger partial charge in [-0.2, -0.15) is 13.2 Å². The molecule has 0 radical (unpaired) electrons. The summed E-state index contributed by atoms with van der Waals surface area (Å²) < 4.78 is 38.5. The molecule has 26 heavy (non-hydrogen) atoms. The van der Waals surface area contributed by atoms with Gasteiger partial charge in [0.05, 0.1) is 17.6 Å². The predicted molar refractivity (Wildman–Crippen MR) is 89.2 cm³/mol. The van der Waals surface area contributed by atoms with Crippen molar-refractivity contribution in [1.82, 2.24) is 5.32 Å². The largest absolute Gasteiger partial charge is 0.416 e. The zero-order valence-corrected chi connectivity index (χ0v) is 13.7. The molecular formula is C19H17F3N2O2. The molecule has 2 aromatic rings. The Morgan fingerprint density at radius 3 is 2.54 bits per heavy atom. The maximum Gasteiger partial charge on any atom is 0.416 e. The average Bonchev–Trinajstić information content (AvgIpc) is 2.60. The quantitative estimate of drug-likeness (QED) is 0.878. The van der Waals surface area contributed by atoms with Crippen LogP contribution in [0.5, 0.6) is 0 Å². The van der Waals surface area contributed by atoms with Crippen molar-refractivity contribution in [3.63, 3.8) is 0 Å². The van der Waals surface area contributed by atoms with Crippen molar-refractivity contribution in [1.29, 1.82) is 0 Å². The van der Waals surface area contributed by atoms with Gasteiger partial charge < -0.3 is 5.73 Å². The van der Waals surface area contributed by atoms with Gasteiger partial charge in [-0.05, 0) is 29.2 Å². The summed E-state index contributed by atoms with van der Waals surface area (Å²) in [6, 6.07) is 10.4. The molecule has 1 heterocycles. The van der Waals surface area contributed by atoms with E-state index in [0.29, 0.717) is 6.42 Å². The highest BCUT2D eigenvalue weighted by Crippen LogP contribution is 2.31. The van der Waals surface area contributed by atoms with Gasteiger partial charge in [-0.15, -0.1) is 0 Å². The smallest absolute Gasteiger partial charge is 0.368 e. The fraction of sp³-hybridized carbons (Fsp3) is 0.263. The van der Waals surface area contributed by atoms with Crippen molar-refractivity contribution in [2.75, 3.05) is 0 Å². The molecule has 4 nitrogen and oxygen atoms in total. The molecule has 0 bridgehead atoms. The van der Waals surface area contributed by atoms with Crippen LogP contribution in [0.25, 0.3) is 0 Å². The Balaban J connectivity index is 1.86. The standard InChI is InChI=1S/C19H17F3N2O2/c20-19(21,22)13-6-3-4-11(8-13)9-16(25)17-14-7-2-1-5-12(14)10-15(24-17)18(23)26/h1-8,15,17,24H,9-10H2,(H2,23,26). The summed E-state index contributed by atoms with van der Waals surface area (Å²) in [4.78, 5) is 24.3. The van der Waals surface area contributed by atoms with Crippen molar-refractivity contribution in [2.45, 2.75) is 31.1 Å². The van der Waals surface area contributed by atoms with E-state index < -0.39 is 29.7 Å². The lowest BCUT2D eigenvalue weighted by atomic mass is 9.86. The van der Waals surface area contributed by atoms with Crippen LogP contribution in [0.15, 0.2) is 48.5 Å². The Kier molecular flexibility index (Phi) is 4.82. The second kappa shape index (κ2) is 6.92. The van der Waals surface area contributed by atoms with Crippen molar-refractivity contribution < 1.29 is 22.8 Å². The van der Waals surface area contributed by atoms with E-state index in [1.807, 2.05) is 6.07 Å². The SMILES string of the molecule is NC(=O)C1Cc2ccccc2C(C(=O)Cc2cccc(C(F)(F)F)c2)N1. The number of primary amides is 1. The summed E-state index contributed by atoms with van der Waals surface area (Å²) >= 11 is 0. The number of benzene rings is 2. The molecule has 3 rings (SSSR count). The molecular weight excluding hydrogens is 345 g/mol. The van der Waals surface area contributed by atoms with E-state index >= 15 is 0 Å². The van der Waals surface area contributed by atoms with Crippen LogP contribution in [0.3, 0.4) is 0 Å². The predicted octanol–water partition coefficient (Wildman–Crippen LogP) is 2.56. The Morgan fingerprint density at radius 1 is 1.12 bits per heavy atom. The Labute approximate surface area is 148 Å². The number of alkyl halides is 3. The van der Waals surface area contributed by atoms with Crippen LogP contribution < -0.4 is 11.1 Å². The number of Topliss-reactive ketones (excluding diaryl/α,β-unsaturated/α-hetero) is 1. The number of nitrogens with one attached hydrogen (secondary N) is 1. The molecule has 2 unspecified atom stereocenters. The van der Waals surface area contributed by atoms with Crippen molar-refractivity contribution in [3.8, 4) is 0 Å². The molecule has 1 aliphatic heterocycles.